The fourth-order valence-corrected chi connectivity index (χ4v) is 2.23. The van der Waals surface area contributed by atoms with E-state index in [4.69, 9.17) is 10.5 Å². The Morgan fingerprint density at radius 1 is 1.10 bits per heavy atom. The topological polar surface area (TPSA) is 52.3 Å². The first-order valence-corrected chi connectivity index (χ1v) is 6.68. The largest absolute Gasteiger partial charge is 0.497 e. The van der Waals surface area contributed by atoms with Gasteiger partial charge in [-0.3, -0.25) is 4.79 Å². The number of rotatable bonds is 5. The van der Waals surface area contributed by atoms with Crippen molar-refractivity contribution in [1.82, 2.24) is 0 Å². The van der Waals surface area contributed by atoms with Crippen molar-refractivity contribution in [2.24, 2.45) is 5.73 Å². The van der Waals surface area contributed by atoms with Gasteiger partial charge in [-0.25, -0.2) is 0 Å². The van der Waals surface area contributed by atoms with Gasteiger partial charge in [0.05, 0.1) is 7.11 Å². The lowest BCUT2D eigenvalue weighted by molar-refractivity contribution is 0.1000. The number of aryl methyl sites for hydroxylation is 1. The van der Waals surface area contributed by atoms with Crippen molar-refractivity contribution < 1.29 is 9.53 Å². The highest BCUT2D eigenvalue weighted by atomic mass is 16.5. The van der Waals surface area contributed by atoms with Crippen LogP contribution in [0.4, 0.5) is 0 Å². The maximum absolute atomic E-state index is 11.4. The molecule has 0 saturated heterocycles. The van der Waals surface area contributed by atoms with Crippen LogP contribution in [0.5, 0.6) is 5.75 Å². The summed E-state index contributed by atoms with van der Waals surface area (Å²) < 4.78 is 5.23. The Hall–Kier alpha value is -2.29. The number of hydrogen-bond acceptors (Lipinski definition) is 2. The third-order valence-electron chi connectivity index (χ3n) is 3.29. The van der Waals surface area contributed by atoms with Gasteiger partial charge < -0.3 is 10.5 Å². The summed E-state index contributed by atoms with van der Waals surface area (Å²) in [6.45, 7) is 2.06. The van der Waals surface area contributed by atoms with Crippen LogP contribution in [-0.4, -0.2) is 13.0 Å². The smallest absolute Gasteiger partial charge is 0.248 e. The molecule has 0 atom stereocenters. The first kappa shape index (κ1) is 14.1. The van der Waals surface area contributed by atoms with Gasteiger partial charge in [0, 0.05) is 5.56 Å². The zero-order chi connectivity index (χ0) is 14.5. The van der Waals surface area contributed by atoms with Gasteiger partial charge in [0.25, 0.3) is 0 Å². The van der Waals surface area contributed by atoms with Gasteiger partial charge in [0.2, 0.25) is 5.91 Å². The van der Waals surface area contributed by atoms with E-state index >= 15 is 0 Å². The molecule has 3 nitrogen and oxygen atoms in total. The maximum Gasteiger partial charge on any atom is 0.248 e. The molecule has 2 aromatic rings. The molecule has 0 aliphatic heterocycles. The molecule has 2 rings (SSSR count). The first-order valence-electron chi connectivity index (χ1n) is 6.68. The van der Waals surface area contributed by atoms with E-state index in [0.29, 0.717) is 5.56 Å². The van der Waals surface area contributed by atoms with Crippen LogP contribution >= 0.6 is 0 Å². The molecular formula is C17H19NO2. The number of amides is 1. The minimum atomic E-state index is -0.382. The maximum atomic E-state index is 11.4. The Balaban J connectivity index is 2.32. The van der Waals surface area contributed by atoms with Crippen LogP contribution in [0.1, 0.15) is 34.0 Å². The fraction of sp³-hybridized carbons (Fsp3) is 0.235. The molecule has 0 bridgehead atoms. The van der Waals surface area contributed by atoms with Crippen molar-refractivity contribution in [3.63, 3.8) is 0 Å². The number of nitrogens with two attached hydrogens (primary N) is 1. The van der Waals surface area contributed by atoms with Gasteiger partial charge in [-0.1, -0.05) is 25.1 Å². The molecular weight excluding hydrogens is 250 g/mol. The van der Waals surface area contributed by atoms with E-state index in [1.165, 1.54) is 0 Å². The summed E-state index contributed by atoms with van der Waals surface area (Å²) >= 11 is 0. The SMILES string of the molecule is CCc1cc(Cc2cccc(OC)c2)cc(C(N)=O)c1. The van der Waals surface area contributed by atoms with Crippen molar-refractivity contribution >= 4 is 5.91 Å². The molecule has 0 fully saturated rings. The van der Waals surface area contributed by atoms with Crippen LogP contribution in [0.2, 0.25) is 0 Å². The molecule has 104 valence electrons. The van der Waals surface area contributed by atoms with Gasteiger partial charge in [0.1, 0.15) is 5.75 Å². The Morgan fingerprint density at radius 3 is 2.50 bits per heavy atom. The summed E-state index contributed by atoms with van der Waals surface area (Å²) in [5.74, 6) is 0.455. The predicted molar refractivity (Wildman–Crippen MR) is 80.1 cm³/mol. The molecule has 2 aromatic carbocycles. The summed E-state index contributed by atoms with van der Waals surface area (Å²) in [4.78, 5) is 11.4. The molecule has 0 aromatic heterocycles. The normalized spacial score (nSPS) is 10.3. The van der Waals surface area contributed by atoms with E-state index in [2.05, 4.69) is 13.0 Å². The molecule has 3 heteroatoms. The minimum Gasteiger partial charge on any atom is -0.497 e. The van der Waals surface area contributed by atoms with Gasteiger partial charge in [-0.05, 0) is 53.8 Å². The highest BCUT2D eigenvalue weighted by Gasteiger charge is 2.06. The molecule has 2 N–H and O–H groups in total. The zero-order valence-corrected chi connectivity index (χ0v) is 11.8. The van der Waals surface area contributed by atoms with Crippen molar-refractivity contribution in [1.29, 1.82) is 0 Å². The van der Waals surface area contributed by atoms with E-state index in [1.54, 1.807) is 7.11 Å². The summed E-state index contributed by atoms with van der Waals surface area (Å²) in [5, 5.41) is 0. The van der Waals surface area contributed by atoms with Crippen LogP contribution in [0.3, 0.4) is 0 Å². The second-order valence-corrected chi connectivity index (χ2v) is 4.78. The first-order chi connectivity index (χ1) is 9.62. The summed E-state index contributed by atoms with van der Waals surface area (Å²) in [7, 11) is 1.65. The Labute approximate surface area is 119 Å². The number of primary amides is 1. The van der Waals surface area contributed by atoms with Crippen molar-refractivity contribution in [2.45, 2.75) is 19.8 Å². The molecule has 0 saturated carbocycles. The number of carbonyl (C=O) groups excluding carboxylic acids is 1. The number of hydrogen-bond donors (Lipinski definition) is 1. The Kier molecular flexibility index (Phi) is 4.41. The fourth-order valence-electron chi connectivity index (χ4n) is 2.23. The van der Waals surface area contributed by atoms with Gasteiger partial charge in [-0.15, -0.1) is 0 Å². The van der Waals surface area contributed by atoms with Crippen LogP contribution in [0.15, 0.2) is 42.5 Å². The average molecular weight is 269 g/mol. The number of carbonyl (C=O) groups is 1. The third-order valence-corrected chi connectivity index (χ3v) is 3.29. The minimum absolute atomic E-state index is 0.382. The van der Waals surface area contributed by atoms with Crippen LogP contribution < -0.4 is 10.5 Å². The summed E-state index contributed by atoms with van der Waals surface area (Å²) in [6.07, 6.45) is 1.64. The lowest BCUT2D eigenvalue weighted by Gasteiger charge is -2.08. The number of ether oxygens (including phenoxy) is 1. The molecule has 0 unspecified atom stereocenters. The second kappa shape index (κ2) is 6.24. The molecule has 1 amide bonds. The lowest BCUT2D eigenvalue weighted by atomic mass is 9.98. The quantitative estimate of drug-likeness (QED) is 0.907. The molecule has 20 heavy (non-hydrogen) atoms. The molecule has 0 aliphatic rings. The zero-order valence-electron chi connectivity index (χ0n) is 11.8. The van der Waals surface area contributed by atoms with Gasteiger partial charge in [-0.2, -0.15) is 0 Å². The van der Waals surface area contributed by atoms with E-state index in [-0.39, 0.29) is 5.91 Å². The monoisotopic (exact) mass is 269 g/mol. The summed E-state index contributed by atoms with van der Waals surface area (Å²) in [6, 6.07) is 13.8. The highest BCUT2D eigenvalue weighted by Crippen LogP contribution is 2.18. The van der Waals surface area contributed by atoms with Crippen molar-refractivity contribution in [2.75, 3.05) is 7.11 Å². The van der Waals surface area contributed by atoms with Crippen molar-refractivity contribution in [3.05, 3.63) is 64.7 Å². The van der Waals surface area contributed by atoms with E-state index in [9.17, 15) is 4.79 Å². The van der Waals surface area contributed by atoms with Crippen LogP contribution in [-0.2, 0) is 12.8 Å². The highest BCUT2D eigenvalue weighted by molar-refractivity contribution is 5.93. The standard InChI is InChI=1S/C17H19NO2/c1-3-12-7-14(10-15(9-12)17(18)19)8-13-5-4-6-16(11-13)20-2/h4-7,9-11H,3,8H2,1-2H3,(H2,18,19). The Bertz CT molecular complexity index is 620. The molecule has 0 radical (unpaired) electrons. The van der Waals surface area contributed by atoms with Crippen LogP contribution in [0.25, 0.3) is 0 Å². The third kappa shape index (κ3) is 3.38. The van der Waals surface area contributed by atoms with Gasteiger partial charge >= 0.3 is 0 Å². The second-order valence-electron chi connectivity index (χ2n) is 4.78. The number of benzene rings is 2. The van der Waals surface area contributed by atoms with E-state index in [1.807, 2.05) is 36.4 Å². The van der Waals surface area contributed by atoms with Crippen molar-refractivity contribution in [3.8, 4) is 5.75 Å². The number of methoxy groups -OCH3 is 1. The average Bonchev–Trinajstić information content (AvgIpc) is 2.47. The summed E-state index contributed by atoms with van der Waals surface area (Å²) in [5.41, 5.74) is 9.32. The van der Waals surface area contributed by atoms with E-state index < -0.39 is 0 Å². The predicted octanol–water partition coefficient (Wildman–Crippen LogP) is 2.95. The van der Waals surface area contributed by atoms with E-state index in [0.717, 1.165) is 35.3 Å². The molecule has 0 spiro atoms. The lowest BCUT2D eigenvalue weighted by Crippen LogP contribution is -2.12. The van der Waals surface area contributed by atoms with Crippen LogP contribution in [0, 0.1) is 0 Å². The van der Waals surface area contributed by atoms with Gasteiger partial charge in [0.15, 0.2) is 0 Å². The Morgan fingerprint density at radius 2 is 1.85 bits per heavy atom. The molecule has 0 aliphatic carbocycles. The molecule has 0 heterocycles.